The van der Waals surface area contributed by atoms with E-state index in [4.69, 9.17) is 4.74 Å². The van der Waals surface area contributed by atoms with Crippen LogP contribution in [0.5, 0.6) is 11.6 Å². The highest BCUT2D eigenvalue weighted by Crippen LogP contribution is 2.29. The Morgan fingerprint density at radius 2 is 2.00 bits per heavy atom. The molecule has 1 aromatic carbocycles. The Kier molecular flexibility index (Phi) is 2.94. The molecule has 0 bridgehead atoms. The van der Waals surface area contributed by atoms with Crippen LogP contribution in [0.3, 0.4) is 0 Å². The predicted molar refractivity (Wildman–Crippen MR) is 76.0 cm³/mol. The number of thiazole rings is 1. The first-order chi connectivity index (χ1) is 9.54. The molecule has 6 heteroatoms. The van der Waals surface area contributed by atoms with Gasteiger partial charge in [-0.15, -0.1) is 11.3 Å². The molecule has 3 aromatic rings. The van der Waals surface area contributed by atoms with Crippen LogP contribution in [-0.4, -0.2) is 20.5 Å². The third-order valence-corrected chi connectivity index (χ3v) is 3.60. The van der Waals surface area contributed by atoms with Gasteiger partial charge < -0.3 is 9.84 Å². The van der Waals surface area contributed by atoms with Crippen molar-refractivity contribution in [2.24, 2.45) is 0 Å². The summed E-state index contributed by atoms with van der Waals surface area (Å²) >= 11 is 1.37. The molecule has 0 saturated carbocycles. The van der Waals surface area contributed by atoms with Crippen LogP contribution in [0, 0.1) is 13.8 Å². The number of ether oxygens (including phenoxy) is 1. The van der Waals surface area contributed by atoms with E-state index in [9.17, 15) is 9.90 Å². The van der Waals surface area contributed by atoms with Crippen LogP contribution < -0.4 is 4.74 Å². The van der Waals surface area contributed by atoms with E-state index in [-0.39, 0.29) is 11.6 Å². The van der Waals surface area contributed by atoms with Gasteiger partial charge in [-0.05, 0) is 37.1 Å². The molecule has 0 aliphatic carbocycles. The molecular formula is C14H12N2O3S. The fraction of sp³-hybridized carbons (Fsp3) is 0.143. The minimum absolute atomic E-state index is 0.0420. The largest absolute Gasteiger partial charge is 0.476 e. The number of carbonyl (C=O) groups is 1. The number of fused-ring (bicyclic) bond motifs is 1. The summed E-state index contributed by atoms with van der Waals surface area (Å²) in [5, 5.41) is 11.1. The number of nitrogens with zero attached hydrogens (tertiary/aromatic N) is 2. The van der Waals surface area contributed by atoms with Crippen molar-refractivity contribution < 1.29 is 14.6 Å². The fourth-order valence-corrected chi connectivity index (χ4v) is 2.84. The molecule has 102 valence electrons. The van der Waals surface area contributed by atoms with E-state index in [0.717, 1.165) is 11.1 Å². The van der Waals surface area contributed by atoms with Gasteiger partial charge in [0, 0.05) is 11.6 Å². The highest BCUT2D eigenvalue weighted by molar-refractivity contribution is 7.15. The van der Waals surface area contributed by atoms with Crippen molar-refractivity contribution in [3.63, 3.8) is 0 Å². The number of hydrogen-bond donors (Lipinski definition) is 1. The highest BCUT2D eigenvalue weighted by Gasteiger charge is 2.21. The van der Waals surface area contributed by atoms with E-state index in [1.165, 1.54) is 15.7 Å². The van der Waals surface area contributed by atoms with Gasteiger partial charge in [-0.2, -0.15) is 4.98 Å². The van der Waals surface area contributed by atoms with Gasteiger partial charge in [0.2, 0.25) is 0 Å². The normalized spacial score (nSPS) is 10.9. The van der Waals surface area contributed by atoms with Gasteiger partial charge >= 0.3 is 5.97 Å². The lowest BCUT2D eigenvalue weighted by atomic mass is 10.1. The van der Waals surface area contributed by atoms with Crippen LogP contribution >= 0.6 is 11.3 Å². The van der Waals surface area contributed by atoms with Crippen LogP contribution in [0.25, 0.3) is 4.96 Å². The van der Waals surface area contributed by atoms with Gasteiger partial charge in [0.1, 0.15) is 5.75 Å². The molecule has 0 unspecified atom stereocenters. The SMILES string of the molecule is Cc1cc(C)cc(Oc2nc3sccn3c2C(=O)O)c1. The molecule has 0 aliphatic rings. The molecule has 0 radical (unpaired) electrons. The Bertz CT molecular complexity index is 784. The summed E-state index contributed by atoms with van der Waals surface area (Å²) in [6.07, 6.45) is 1.67. The summed E-state index contributed by atoms with van der Waals surface area (Å²) in [6, 6.07) is 5.73. The van der Waals surface area contributed by atoms with Gasteiger partial charge in [-0.1, -0.05) is 6.07 Å². The lowest BCUT2D eigenvalue weighted by Crippen LogP contribution is -2.02. The zero-order chi connectivity index (χ0) is 14.3. The van der Waals surface area contributed by atoms with Crippen LogP contribution in [0.4, 0.5) is 0 Å². The second-order valence-electron chi connectivity index (χ2n) is 4.55. The molecule has 0 aliphatic heterocycles. The predicted octanol–water partition coefficient (Wildman–Crippen LogP) is 3.50. The maximum atomic E-state index is 11.4. The average molecular weight is 288 g/mol. The highest BCUT2D eigenvalue weighted by atomic mass is 32.1. The van der Waals surface area contributed by atoms with Crippen LogP contribution in [0.15, 0.2) is 29.8 Å². The van der Waals surface area contributed by atoms with E-state index < -0.39 is 5.97 Å². The fourth-order valence-electron chi connectivity index (χ4n) is 2.14. The maximum Gasteiger partial charge on any atom is 0.358 e. The van der Waals surface area contributed by atoms with Crippen molar-refractivity contribution in [3.05, 3.63) is 46.6 Å². The molecule has 0 fully saturated rings. The molecule has 20 heavy (non-hydrogen) atoms. The lowest BCUT2D eigenvalue weighted by Gasteiger charge is -2.06. The van der Waals surface area contributed by atoms with Gasteiger partial charge in [0.05, 0.1) is 0 Å². The summed E-state index contributed by atoms with van der Waals surface area (Å²) in [5.74, 6) is -0.347. The second kappa shape index (κ2) is 4.64. The number of carboxylic acid groups (broad SMARTS) is 1. The number of aromatic nitrogens is 2. The first-order valence-corrected chi connectivity index (χ1v) is 6.87. The molecule has 0 spiro atoms. The van der Waals surface area contributed by atoms with Crippen molar-refractivity contribution in [1.29, 1.82) is 0 Å². The first kappa shape index (κ1) is 12.7. The molecular weight excluding hydrogens is 276 g/mol. The van der Waals surface area contributed by atoms with E-state index in [0.29, 0.717) is 10.7 Å². The quantitative estimate of drug-likeness (QED) is 0.801. The third kappa shape index (κ3) is 2.14. The van der Waals surface area contributed by atoms with Gasteiger partial charge in [0.15, 0.2) is 10.7 Å². The van der Waals surface area contributed by atoms with Crippen molar-refractivity contribution in [3.8, 4) is 11.6 Å². The number of hydrogen-bond acceptors (Lipinski definition) is 4. The van der Waals surface area contributed by atoms with Crippen molar-refractivity contribution in [2.45, 2.75) is 13.8 Å². The molecule has 0 atom stereocenters. The van der Waals surface area contributed by atoms with E-state index in [1.807, 2.05) is 32.0 Å². The average Bonchev–Trinajstić information content (AvgIpc) is 2.86. The molecule has 5 nitrogen and oxygen atoms in total. The van der Waals surface area contributed by atoms with Crippen molar-refractivity contribution in [2.75, 3.05) is 0 Å². The zero-order valence-corrected chi connectivity index (χ0v) is 11.8. The smallest absolute Gasteiger partial charge is 0.358 e. The van der Waals surface area contributed by atoms with E-state index >= 15 is 0 Å². The van der Waals surface area contributed by atoms with Gasteiger partial charge in [-0.25, -0.2) is 4.79 Å². The number of benzene rings is 1. The summed E-state index contributed by atoms with van der Waals surface area (Å²) in [7, 11) is 0. The summed E-state index contributed by atoms with van der Waals surface area (Å²) in [5.41, 5.74) is 2.15. The molecule has 1 N–H and O–H groups in total. The van der Waals surface area contributed by atoms with E-state index in [2.05, 4.69) is 4.98 Å². The second-order valence-corrected chi connectivity index (χ2v) is 5.42. The van der Waals surface area contributed by atoms with Gasteiger partial charge in [-0.3, -0.25) is 4.40 Å². The van der Waals surface area contributed by atoms with Crippen molar-refractivity contribution in [1.82, 2.24) is 9.38 Å². The number of imidazole rings is 1. The molecule has 0 amide bonds. The number of aromatic carboxylic acids is 1. The number of aryl methyl sites for hydroxylation is 2. The maximum absolute atomic E-state index is 11.4. The molecule has 2 aromatic heterocycles. The molecule has 3 rings (SSSR count). The Morgan fingerprint density at radius 3 is 2.65 bits per heavy atom. The topological polar surface area (TPSA) is 63.8 Å². The van der Waals surface area contributed by atoms with Crippen LogP contribution in [0.2, 0.25) is 0 Å². The number of rotatable bonds is 3. The Morgan fingerprint density at radius 1 is 1.30 bits per heavy atom. The summed E-state index contributed by atoms with van der Waals surface area (Å²) in [4.78, 5) is 16.2. The number of carboxylic acids is 1. The van der Waals surface area contributed by atoms with Crippen molar-refractivity contribution >= 4 is 22.3 Å². The standard InChI is InChI=1S/C14H12N2O3S/c1-8-5-9(2)7-10(6-8)19-12-11(13(17)18)16-3-4-20-14(16)15-12/h3-7H,1-2H3,(H,17,18). The summed E-state index contributed by atoms with van der Waals surface area (Å²) < 4.78 is 7.19. The third-order valence-electron chi connectivity index (χ3n) is 2.84. The monoisotopic (exact) mass is 288 g/mol. The Hall–Kier alpha value is -2.34. The van der Waals surface area contributed by atoms with Crippen LogP contribution in [0.1, 0.15) is 21.6 Å². The molecule has 2 heterocycles. The van der Waals surface area contributed by atoms with E-state index in [1.54, 1.807) is 11.6 Å². The Balaban J connectivity index is 2.07. The van der Waals surface area contributed by atoms with Gasteiger partial charge in [0.25, 0.3) is 5.88 Å². The summed E-state index contributed by atoms with van der Waals surface area (Å²) in [6.45, 7) is 3.92. The lowest BCUT2D eigenvalue weighted by molar-refractivity contribution is 0.0686. The molecule has 0 saturated heterocycles. The Labute approximate surface area is 119 Å². The minimum Gasteiger partial charge on any atom is -0.476 e. The zero-order valence-electron chi connectivity index (χ0n) is 11.0. The van der Waals surface area contributed by atoms with Crippen LogP contribution in [-0.2, 0) is 0 Å². The first-order valence-electron chi connectivity index (χ1n) is 5.99. The minimum atomic E-state index is -1.06.